The Hall–Kier alpha value is -0.950. The van der Waals surface area contributed by atoms with Gasteiger partial charge in [-0.25, -0.2) is 0 Å². The number of benzene rings is 1. The molecule has 0 saturated carbocycles. The number of hydrogen-bond donors (Lipinski definition) is 1. The molecule has 2 rings (SSSR count). The van der Waals surface area contributed by atoms with E-state index in [1.165, 1.54) is 0 Å². The van der Waals surface area contributed by atoms with E-state index in [0.29, 0.717) is 13.2 Å². The lowest BCUT2D eigenvalue weighted by atomic mass is 9.91. The largest absolute Gasteiger partial charge is 0.380 e. The summed E-state index contributed by atoms with van der Waals surface area (Å²) in [5.74, 6) is 0. The Kier molecular flexibility index (Phi) is 3.22. The van der Waals surface area contributed by atoms with E-state index in [0.717, 1.165) is 17.4 Å². The minimum absolute atomic E-state index is 0.00798. The topological polar surface area (TPSA) is 72.8 Å². The van der Waals surface area contributed by atoms with Gasteiger partial charge in [-0.1, -0.05) is 24.3 Å². The van der Waals surface area contributed by atoms with Crippen molar-refractivity contribution in [3.8, 4) is 0 Å². The molecule has 0 radical (unpaired) electrons. The van der Waals surface area contributed by atoms with Crippen LogP contribution in [0.3, 0.4) is 0 Å². The van der Waals surface area contributed by atoms with Crippen LogP contribution < -0.4 is 0 Å². The van der Waals surface area contributed by atoms with Crippen molar-refractivity contribution in [3.05, 3.63) is 35.4 Å². The van der Waals surface area contributed by atoms with E-state index < -0.39 is 15.7 Å². The standard InChI is InChI=1S/C11H14O5S/c1-17(13,14)16-6-9-2-4-10(5-3-9)11(12)7-15-8-11/h2-5,12H,6-8H2,1H3. The molecule has 0 atom stereocenters. The predicted molar refractivity (Wildman–Crippen MR) is 60.8 cm³/mol. The highest BCUT2D eigenvalue weighted by molar-refractivity contribution is 7.85. The molecule has 17 heavy (non-hydrogen) atoms. The maximum Gasteiger partial charge on any atom is 0.264 e. The minimum atomic E-state index is -3.42. The van der Waals surface area contributed by atoms with Crippen LogP contribution in [0.4, 0.5) is 0 Å². The molecule has 1 aliphatic rings. The van der Waals surface area contributed by atoms with Gasteiger partial charge in [-0.2, -0.15) is 8.42 Å². The van der Waals surface area contributed by atoms with Crippen molar-refractivity contribution in [3.63, 3.8) is 0 Å². The second kappa shape index (κ2) is 4.38. The van der Waals surface area contributed by atoms with E-state index in [4.69, 9.17) is 4.74 Å². The molecule has 94 valence electrons. The molecule has 1 aliphatic heterocycles. The van der Waals surface area contributed by atoms with Crippen LogP contribution in [0.15, 0.2) is 24.3 Å². The summed E-state index contributed by atoms with van der Waals surface area (Å²) in [6, 6.07) is 6.97. The summed E-state index contributed by atoms with van der Waals surface area (Å²) in [6.07, 6.45) is 1.01. The van der Waals surface area contributed by atoms with E-state index in [1.807, 2.05) is 0 Å². The molecule has 0 aliphatic carbocycles. The third-order valence-corrected chi connectivity index (χ3v) is 3.16. The van der Waals surface area contributed by atoms with Gasteiger partial charge in [0.05, 0.1) is 26.1 Å². The first kappa shape index (κ1) is 12.5. The molecular formula is C11H14O5S. The molecule has 5 nitrogen and oxygen atoms in total. The molecule has 1 aromatic carbocycles. The van der Waals surface area contributed by atoms with E-state index in [1.54, 1.807) is 24.3 Å². The lowest BCUT2D eigenvalue weighted by Crippen LogP contribution is -2.46. The van der Waals surface area contributed by atoms with E-state index in [9.17, 15) is 13.5 Å². The van der Waals surface area contributed by atoms with Gasteiger partial charge in [-0.05, 0) is 11.1 Å². The van der Waals surface area contributed by atoms with Crippen LogP contribution in [0, 0.1) is 0 Å². The maximum atomic E-state index is 10.8. The van der Waals surface area contributed by atoms with Gasteiger partial charge in [0, 0.05) is 0 Å². The molecular weight excluding hydrogens is 244 g/mol. The molecule has 1 fully saturated rings. The third kappa shape index (κ3) is 3.04. The number of hydrogen-bond acceptors (Lipinski definition) is 5. The summed E-state index contributed by atoms with van der Waals surface area (Å²) in [7, 11) is -3.42. The SMILES string of the molecule is CS(=O)(=O)OCc1ccc(C2(O)COC2)cc1. The van der Waals surface area contributed by atoms with Crippen LogP contribution in [-0.2, 0) is 31.2 Å². The monoisotopic (exact) mass is 258 g/mol. The van der Waals surface area contributed by atoms with Crippen LogP contribution in [-0.4, -0.2) is 33.0 Å². The Balaban J connectivity index is 2.03. The van der Waals surface area contributed by atoms with E-state index in [2.05, 4.69) is 4.18 Å². The Labute approximate surface area is 100 Å². The van der Waals surface area contributed by atoms with Gasteiger partial charge in [0.25, 0.3) is 10.1 Å². The zero-order valence-electron chi connectivity index (χ0n) is 9.42. The molecule has 1 saturated heterocycles. The second-order valence-corrected chi connectivity index (χ2v) is 5.83. The molecule has 0 aromatic heterocycles. The number of rotatable bonds is 4. The van der Waals surface area contributed by atoms with Gasteiger partial charge in [0.15, 0.2) is 0 Å². The summed E-state index contributed by atoms with van der Waals surface area (Å²) in [4.78, 5) is 0. The van der Waals surface area contributed by atoms with Gasteiger partial charge in [-0.15, -0.1) is 0 Å². The average molecular weight is 258 g/mol. The first-order valence-electron chi connectivity index (χ1n) is 5.13. The summed E-state index contributed by atoms with van der Waals surface area (Å²) in [5, 5.41) is 9.98. The van der Waals surface area contributed by atoms with Crippen molar-refractivity contribution in [1.82, 2.24) is 0 Å². The Bertz CT molecular complexity index is 487. The van der Waals surface area contributed by atoms with Crippen molar-refractivity contribution in [1.29, 1.82) is 0 Å². The Morgan fingerprint density at radius 1 is 1.35 bits per heavy atom. The number of aliphatic hydroxyl groups is 1. The van der Waals surface area contributed by atoms with Gasteiger partial charge in [-0.3, -0.25) is 4.18 Å². The molecule has 0 bridgehead atoms. The van der Waals surface area contributed by atoms with Crippen molar-refractivity contribution < 1.29 is 22.4 Å². The van der Waals surface area contributed by atoms with Gasteiger partial charge in [0.2, 0.25) is 0 Å². The summed E-state index contributed by atoms with van der Waals surface area (Å²) in [6.45, 7) is 0.604. The maximum absolute atomic E-state index is 10.8. The fraction of sp³-hybridized carbons (Fsp3) is 0.455. The van der Waals surface area contributed by atoms with Crippen LogP contribution in [0.1, 0.15) is 11.1 Å². The van der Waals surface area contributed by atoms with Crippen molar-refractivity contribution >= 4 is 10.1 Å². The summed E-state index contributed by atoms with van der Waals surface area (Å²) in [5.41, 5.74) is 0.617. The third-order valence-electron chi connectivity index (χ3n) is 2.61. The molecule has 1 heterocycles. The fourth-order valence-electron chi connectivity index (χ4n) is 1.55. The highest BCUT2D eigenvalue weighted by Crippen LogP contribution is 2.29. The first-order valence-corrected chi connectivity index (χ1v) is 6.95. The normalized spacial score (nSPS) is 18.7. The zero-order valence-corrected chi connectivity index (χ0v) is 10.2. The molecule has 0 amide bonds. The average Bonchev–Trinajstić information content (AvgIpc) is 2.23. The van der Waals surface area contributed by atoms with Gasteiger partial charge in [0.1, 0.15) is 5.60 Å². The predicted octanol–water partition coefficient (Wildman–Crippen LogP) is 0.381. The first-order chi connectivity index (χ1) is 7.89. The smallest absolute Gasteiger partial charge is 0.264 e. The Morgan fingerprint density at radius 3 is 2.35 bits per heavy atom. The molecule has 1 N–H and O–H groups in total. The lowest BCUT2D eigenvalue weighted by Gasteiger charge is -2.36. The quantitative estimate of drug-likeness (QED) is 0.790. The van der Waals surface area contributed by atoms with Crippen molar-refractivity contribution in [2.75, 3.05) is 19.5 Å². The zero-order chi connectivity index (χ0) is 12.5. The fourth-order valence-corrected chi connectivity index (χ4v) is 1.90. The number of ether oxygens (including phenoxy) is 1. The van der Waals surface area contributed by atoms with Gasteiger partial charge >= 0.3 is 0 Å². The summed E-state index contributed by atoms with van der Waals surface area (Å²) < 4.78 is 31.2. The highest BCUT2D eigenvalue weighted by atomic mass is 32.2. The molecule has 6 heteroatoms. The van der Waals surface area contributed by atoms with Crippen molar-refractivity contribution in [2.24, 2.45) is 0 Å². The van der Waals surface area contributed by atoms with E-state index >= 15 is 0 Å². The van der Waals surface area contributed by atoms with Crippen molar-refractivity contribution in [2.45, 2.75) is 12.2 Å². The highest BCUT2D eigenvalue weighted by Gasteiger charge is 2.37. The minimum Gasteiger partial charge on any atom is -0.380 e. The molecule has 0 spiro atoms. The van der Waals surface area contributed by atoms with Crippen LogP contribution in [0.2, 0.25) is 0 Å². The van der Waals surface area contributed by atoms with Crippen LogP contribution in [0.25, 0.3) is 0 Å². The van der Waals surface area contributed by atoms with Crippen LogP contribution in [0.5, 0.6) is 0 Å². The van der Waals surface area contributed by atoms with E-state index in [-0.39, 0.29) is 6.61 Å². The lowest BCUT2D eigenvalue weighted by molar-refractivity contribution is -0.184. The molecule has 0 unspecified atom stereocenters. The summed E-state index contributed by atoms with van der Waals surface area (Å²) >= 11 is 0. The van der Waals surface area contributed by atoms with Gasteiger partial charge < -0.3 is 9.84 Å². The molecule has 1 aromatic rings. The van der Waals surface area contributed by atoms with Crippen LogP contribution >= 0.6 is 0 Å². The Morgan fingerprint density at radius 2 is 1.94 bits per heavy atom. The second-order valence-electron chi connectivity index (χ2n) is 4.19.